The monoisotopic (exact) mass is 526 g/mol. The Balaban J connectivity index is 1.42. The number of ketones is 1. The van der Waals surface area contributed by atoms with Gasteiger partial charge in [0.2, 0.25) is 0 Å². The predicted molar refractivity (Wildman–Crippen MR) is 146 cm³/mol. The van der Waals surface area contributed by atoms with Gasteiger partial charge in [-0.15, -0.1) is 0 Å². The number of nitrogens with zero attached hydrogens (tertiary/aromatic N) is 5. The van der Waals surface area contributed by atoms with Crippen LogP contribution in [0.2, 0.25) is 0 Å². The van der Waals surface area contributed by atoms with Crippen LogP contribution in [0.3, 0.4) is 0 Å². The summed E-state index contributed by atoms with van der Waals surface area (Å²) >= 11 is 0. The fourth-order valence-corrected chi connectivity index (χ4v) is 6.16. The fraction of sp³-hybridized carbons (Fsp3) is 0.296. The number of nitrogens with two attached hydrogens (primary N) is 3. The molecule has 3 aromatic heterocycles. The zero-order chi connectivity index (χ0) is 27.3. The summed E-state index contributed by atoms with van der Waals surface area (Å²) in [5, 5.41) is 4.46. The molecule has 2 saturated heterocycles. The Morgan fingerprint density at radius 2 is 1.79 bits per heavy atom. The van der Waals surface area contributed by atoms with Crippen molar-refractivity contribution in [2.45, 2.75) is 50.4 Å². The molecule has 12 nitrogen and oxygen atoms in total. The van der Waals surface area contributed by atoms with Crippen molar-refractivity contribution in [1.29, 1.82) is 0 Å². The second-order valence-corrected chi connectivity index (χ2v) is 10.1. The molecule has 5 heterocycles. The molecule has 2 aliphatic heterocycles. The molecule has 3 atom stereocenters. The fourth-order valence-electron chi connectivity index (χ4n) is 6.16. The van der Waals surface area contributed by atoms with Crippen LogP contribution in [0.1, 0.15) is 48.2 Å². The van der Waals surface area contributed by atoms with Gasteiger partial charge in [0.15, 0.2) is 17.6 Å². The second kappa shape index (κ2) is 9.82. The average molecular weight is 527 g/mol. The highest BCUT2D eigenvalue weighted by molar-refractivity contribution is 6.00. The van der Waals surface area contributed by atoms with Gasteiger partial charge in [-0.25, -0.2) is 15.8 Å². The van der Waals surface area contributed by atoms with Gasteiger partial charge in [-0.3, -0.25) is 26.3 Å². The number of aromatic nitrogens is 4. The molecule has 12 heteroatoms. The van der Waals surface area contributed by atoms with Crippen molar-refractivity contribution in [2.75, 3.05) is 5.73 Å². The zero-order valence-corrected chi connectivity index (χ0v) is 21.4. The number of amides is 1. The van der Waals surface area contributed by atoms with Crippen molar-refractivity contribution < 1.29 is 9.59 Å². The molecule has 0 aliphatic carbocycles. The molecule has 1 amide bonds. The number of nitrogen functional groups attached to an aromatic ring is 1. The number of pyridine rings is 1. The van der Waals surface area contributed by atoms with Gasteiger partial charge in [-0.05, 0) is 32.3 Å². The van der Waals surface area contributed by atoms with Crippen molar-refractivity contribution in [3.8, 4) is 22.4 Å². The van der Waals surface area contributed by atoms with Crippen molar-refractivity contribution in [3.05, 3.63) is 66.1 Å². The van der Waals surface area contributed by atoms with E-state index in [2.05, 4.69) is 20.9 Å². The third-order valence-electron chi connectivity index (χ3n) is 7.93. The number of hydrazine groups is 2. The van der Waals surface area contributed by atoms with Gasteiger partial charge < -0.3 is 10.6 Å². The highest BCUT2D eigenvalue weighted by Crippen LogP contribution is 2.48. The smallest absolute Gasteiger partial charge is 0.257 e. The Labute approximate surface area is 224 Å². The van der Waals surface area contributed by atoms with E-state index < -0.39 is 6.17 Å². The number of carbonyl (C=O) groups is 2. The molecule has 8 N–H and O–H groups in total. The normalized spacial score (nSPS) is 20.3. The zero-order valence-electron chi connectivity index (χ0n) is 21.4. The van der Waals surface area contributed by atoms with Crippen LogP contribution in [0, 0.1) is 0 Å². The summed E-state index contributed by atoms with van der Waals surface area (Å²) in [4.78, 5) is 37.5. The van der Waals surface area contributed by atoms with E-state index in [9.17, 15) is 9.59 Å². The SMILES string of the molecule is CC(=O)c1c(C2CC3CCC2N3C(=O)C(NN)NN)nc2c(-c3ccc(-c4ccccc4)nc3)cnn2c1N. The lowest BCUT2D eigenvalue weighted by atomic mass is 9.84. The largest absolute Gasteiger partial charge is 0.383 e. The first-order chi connectivity index (χ1) is 18.9. The van der Waals surface area contributed by atoms with Crippen LogP contribution < -0.4 is 28.3 Å². The Bertz CT molecular complexity index is 1550. The Hall–Kier alpha value is -4.23. The third kappa shape index (κ3) is 4.05. The maximum Gasteiger partial charge on any atom is 0.257 e. The summed E-state index contributed by atoms with van der Waals surface area (Å²) in [6.45, 7) is 1.47. The molecular weight excluding hydrogens is 496 g/mol. The lowest BCUT2D eigenvalue weighted by molar-refractivity contribution is -0.135. The second-order valence-electron chi connectivity index (χ2n) is 10.1. The molecule has 6 rings (SSSR count). The summed E-state index contributed by atoms with van der Waals surface area (Å²) in [7, 11) is 0. The summed E-state index contributed by atoms with van der Waals surface area (Å²) < 4.78 is 1.50. The minimum Gasteiger partial charge on any atom is -0.383 e. The van der Waals surface area contributed by atoms with E-state index in [0.717, 1.165) is 35.2 Å². The van der Waals surface area contributed by atoms with Gasteiger partial charge in [0.05, 0.1) is 23.1 Å². The van der Waals surface area contributed by atoms with Crippen LogP contribution in [0.15, 0.2) is 54.9 Å². The average Bonchev–Trinajstić information content (AvgIpc) is 3.67. The van der Waals surface area contributed by atoms with Gasteiger partial charge in [0.1, 0.15) is 5.82 Å². The summed E-state index contributed by atoms with van der Waals surface area (Å²) in [5.74, 6) is 10.7. The van der Waals surface area contributed by atoms with Crippen LogP contribution >= 0.6 is 0 Å². The number of carbonyl (C=O) groups excluding carboxylic acids is 2. The number of Topliss-reactive ketones (excluding diaryl/α,β-unsaturated/α-hetero) is 1. The van der Waals surface area contributed by atoms with E-state index >= 15 is 0 Å². The summed E-state index contributed by atoms with van der Waals surface area (Å²) in [5.41, 5.74) is 16.3. The number of fused-ring (bicyclic) bond motifs is 3. The van der Waals surface area contributed by atoms with Gasteiger partial charge >= 0.3 is 0 Å². The molecule has 3 unspecified atom stereocenters. The minimum atomic E-state index is -0.910. The quantitative estimate of drug-likeness (QED) is 0.102. The summed E-state index contributed by atoms with van der Waals surface area (Å²) in [6, 6.07) is 13.7. The molecule has 2 bridgehead atoms. The van der Waals surface area contributed by atoms with E-state index in [0.29, 0.717) is 23.3 Å². The highest BCUT2D eigenvalue weighted by Gasteiger charge is 2.51. The number of benzene rings is 1. The number of anilines is 1. The van der Waals surface area contributed by atoms with Crippen LogP contribution in [0.25, 0.3) is 28.0 Å². The number of hydrogen-bond donors (Lipinski definition) is 5. The Kier molecular flexibility index (Phi) is 6.31. The minimum absolute atomic E-state index is 0.00475. The molecule has 4 aromatic rings. The van der Waals surface area contributed by atoms with Gasteiger partial charge in [0, 0.05) is 40.9 Å². The first kappa shape index (κ1) is 25.1. The van der Waals surface area contributed by atoms with Gasteiger partial charge in [0.25, 0.3) is 5.91 Å². The lowest BCUT2D eigenvalue weighted by Gasteiger charge is -2.28. The molecule has 0 radical (unpaired) electrons. The van der Waals surface area contributed by atoms with Crippen LogP contribution in [0.5, 0.6) is 0 Å². The first-order valence-corrected chi connectivity index (χ1v) is 12.9. The van der Waals surface area contributed by atoms with E-state index in [1.54, 1.807) is 12.4 Å². The number of rotatable bonds is 7. The van der Waals surface area contributed by atoms with Gasteiger partial charge in [-0.1, -0.05) is 36.4 Å². The molecular formula is C27H30N10O2. The van der Waals surface area contributed by atoms with Crippen molar-refractivity contribution in [1.82, 2.24) is 35.3 Å². The Morgan fingerprint density at radius 1 is 1.03 bits per heavy atom. The van der Waals surface area contributed by atoms with E-state index in [4.69, 9.17) is 22.4 Å². The number of hydrogen-bond acceptors (Lipinski definition) is 10. The van der Waals surface area contributed by atoms with Crippen molar-refractivity contribution in [3.63, 3.8) is 0 Å². The van der Waals surface area contributed by atoms with Crippen LogP contribution in [-0.4, -0.2) is 54.4 Å². The molecule has 200 valence electrons. The third-order valence-corrected chi connectivity index (χ3v) is 7.93. The molecule has 0 spiro atoms. The topological polar surface area (TPSA) is 183 Å². The molecule has 2 fully saturated rings. The Morgan fingerprint density at radius 3 is 2.46 bits per heavy atom. The predicted octanol–water partition coefficient (Wildman–Crippen LogP) is 1.34. The van der Waals surface area contributed by atoms with Crippen molar-refractivity contribution in [2.24, 2.45) is 11.7 Å². The molecule has 1 aromatic carbocycles. The van der Waals surface area contributed by atoms with Crippen LogP contribution in [0.4, 0.5) is 5.82 Å². The maximum atomic E-state index is 13.2. The maximum absolute atomic E-state index is 13.2. The molecule has 0 saturated carbocycles. The standard InChI is InChI=1S/C27H30N10O2/c1-14(38)22-23(18-11-17-8-10-21(18)36(17)27(39)25(34-29)35-30)33-26-19(13-32-37(26)24(22)28)16-7-9-20(31-12-16)15-5-3-2-4-6-15/h2-7,9,12-13,17-18,21,25,34-35H,8,10-11,28-30H2,1H3. The lowest BCUT2D eigenvalue weighted by Crippen LogP contribution is -2.59. The van der Waals surface area contributed by atoms with Crippen LogP contribution in [-0.2, 0) is 4.79 Å². The van der Waals surface area contributed by atoms with E-state index in [1.807, 2.05) is 47.4 Å². The van der Waals surface area contributed by atoms with E-state index in [1.165, 1.54) is 11.4 Å². The number of nitrogens with one attached hydrogen (secondary N) is 2. The van der Waals surface area contributed by atoms with Gasteiger partial charge in [-0.2, -0.15) is 9.61 Å². The first-order valence-electron chi connectivity index (χ1n) is 12.9. The molecule has 2 aliphatic rings. The van der Waals surface area contributed by atoms with Crippen molar-refractivity contribution >= 4 is 23.2 Å². The highest BCUT2D eigenvalue weighted by atomic mass is 16.2. The molecule has 39 heavy (non-hydrogen) atoms. The summed E-state index contributed by atoms with van der Waals surface area (Å²) in [6.07, 6.45) is 4.87. The van der Waals surface area contributed by atoms with E-state index in [-0.39, 0.29) is 35.5 Å².